The van der Waals surface area contributed by atoms with Crippen LogP contribution in [0.1, 0.15) is 29.5 Å². The van der Waals surface area contributed by atoms with Gasteiger partial charge in [0.25, 0.3) is 0 Å². The third-order valence-corrected chi connectivity index (χ3v) is 3.51. The molecule has 2 nitrogen and oxygen atoms in total. The first-order valence-corrected chi connectivity index (χ1v) is 5.91. The summed E-state index contributed by atoms with van der Waals surface area (Å²) in [6.45, 7) is 5.47. The highest BCUT2D eigenvalue weighted by atomic mass is 32.1. The van der Waals surface area contributed by atoms with Gasteiger partial charge in [-0.1, -0.05) is 6.08 Å². The standard InChI is InChI=1S/C11H15NOS/c1-2-3-4-10-8-14-11(12-10)9-5-6-13-7-9/h2,8-9H,1,3-7H2/t9-/m0/s1. The SMILES string of the molecule is C=CCCc1csc([C@H]2CCOC2)n1. The van der Waals surface area contributed by atoms with Crippen molar-refractivity contribution in [1.82, 2.24) is 4.98 Å². The van der Waals surface area contributed by atoms with E-state index >= 15 is 0 Å². The van der Waals surface area contributed by atoms with Crippen molar-refractivity contribution in [2.45, 2.75) is 25.2 Å². The number of nitrogens with zero attached hydrogens (tertiary/aromatic N) is 1. The molecule has 1 aromatic heterocycles. The van der Waals surface area contributed by atoms with Crippen LogP contribution in [0.5, 0.6) is 0 Å². The summed E-state index contributed by atoms with van der Waals surface area (Å²) in [7, 11) is 0. The van der Waals surface area contributed by atoms with Crippen molar-refractivity contribution in [3.63, 3.8) is 0 Å². The number of aromatic nitrogens is 1. The van der Waals surface area contributed by atoms with Crippen LogP contribution in [0, 0.1) is 0 Å². The summed E-state index contributed by atoms with van der Waals surface area (Å²) in [6.07, 6.45) is 5.12. The monoisotopic (exact) mass is 209 g/mol. The van der Waals surface area contributed by atoms with Gasteiger partial charge in [0, 0.05) is 17.9 Å². The van der Waals surface area contributed by atoms with Crippen LogP contribution in [0.15, 0.2) is 18.0 Å². The van der Waals surface area contributed by atoms with Crippen molar-refractivity contribution in [3.8, 4) is 0 Å². The van der Waals surface area contributed by atoms with Crippen LogP contribution < -0.4 is 0 Å². The molecule has 1 atom stereocenters. The van der Waals surface area contributed by atoms with Crippen LogP contribution in [0.25, 0.3) is 0 Å². The summed E-state index contributed by atoms with van der Waals surface area (Å²) in [5, 5.41) is 3.42. The molecule has 2 heterocycles. The molecule has 2 rings (SSSR count). The highest BCUT2D eigenvalue weighted by Gasteiger charge is 2.20. The Morgan fingerprint density at radius 1 is 1.71 bits per heavy atom. The maximum Gasteiger partial charge on any atom is 0.0983 e. The molecule has 0 saturated carbocycles. The van der Waals surface area contributed by atoms with Gasteiger partial charge < -0.3 is 4.74 Å². The Morgan fingerprint density at radius 2 is 2.64 bits per heavy atom. The van der Waals surface area contributed by atoms with Gasteiger partial charge in [-0.05, 0) is 19.3 Å². The lowest BCUT2D eigenvalue weighted by atomic mass is 10.1. The maximum absolute atomic E-state index is 5.35. The number of hydrogen-bond acceptors (Lipinski definition) is 3. The van der Waals surface area contributed by atoms with Crippen LogP contribution in [0.2, 0.25) is 0 Å². The first-order chi connectivity index (χ1) is 6.90. The van der Waals surface area contributed by atoms with Crippen molar-refractivity contribution in [2.75, 3.05) is 13.2 Å². The van der Waals surface area contributed by atoms with Gasteiger partial charge in [-0.3, -0.25) is 0 Å². The smallest absolute Gasteiger partial charge is 0.0983 e. The van der Waals surface area contributed by atoms with Gasteiger partial charge in [0.2, 0.25) is 0 Å². The summed E-state index contributed by atoms with van der Waals surface area (Å²) in [4.78, 5) is 4.62. The highest BCUT2D eigenvalue weighted by Crippen LogP contribution is 2.27. The fourth-order valence-corrected chi connectivity index (χ4v) is 2.58. The lowest BCUT2D eigenvalue weighted by Gasteiger charge is -2.00. The molecule has 0 radical (unpaired) electrons. The number of allylic oxidation sites excluding steroid dienone is 1. The lowest BCUT2D eigenvalue weighted by Crippen LogP contribution is -1.97. The number of thiazole rings is 1. The third kappa shape index (κ3) is 2.22. The van der Waals surface area contributed by atoms with Crippen molar-refractivity contribution >= 4 is 11.3 Å². The predicted molar refractivity (Wildman–Crippen MR) is 58.8 cm³/mol. The summed E-state index contributed by atoms with van der Waals surface area (Å²) >= 11 is 1.77. The van der Waals surface area contributed by atoms with E-state index in [2.05, 4.69) is 16.9 Å². The van der Waals surface area contributed by atoms with Crippen LogP contribution in [0.4, 0.5) is 0 Å². The molecular formula is C11H15NOS. The summed E-state index contributed by atoms with van der Waals surface area (Å²) < 4.78 is 5.35. The van der Waals surface area contributed by atoms with Crippen LogP contribution >= 0.6 is 11.3 Å². The molecule has 0 bridgehead atoms. The molecule has 1 aliphatic rings. The van der Waals surface area contributed by atoms with E-state index in [1.54, 1.807) is 11.3 Å². The van der Waals surface area contributed by atoms with Gasteiger partial charge in [-0.2, -0.15) is 0 Å². The molecule has 76 valence electrons. The van der Waals surface area contributed by atoms with E-state index in [4.69, 9.17) is 4.74 Å². The number of aryl methyl sites for hydroxylation is 1. The quantitative estimate of drug-likeness (QED) is 0.711. The van der Waals surface area contributed by atoms with Gasteiger partial charge in [-0.25, -0.2) is 4.98 Å². The fraction of sp³-hybridized carbons (Fsp3) is 0.545. The van der Waals surface area contributed by atoms with E-state index in [-0.39, 0.29) is 0 Å². The van der Waals surface area contributed by atoms with Crippen LogP contribution in [0.3, 0.4) is 0 Å². The molecule has 14 heavy (non-hydrogen) atoms. The largest absolute Gasteiger partial charge is 0.381 e. The number of ether oxygens (including phenoxy) is 1. The van der Waals surface area contributed by atoms with E-state index in [0.29, 0.717) is 5.92 Å². The molecule has 1 aliphatic heterocycles. The van der Waals surface area contributed by atoms with E-state index < -0.39 is 0 Å². The molecule has 1 saturated heterocycles. The maximum atomic E-state index is 5.35. The third-order valence-electron chi connectivity index (χ3n) is 2.45. The van der Waals surface area contributed by atoms with Crippen molar-refractivity contribution in [1.29, 1.82) is 0 Å². The average molecular weight is 209 g/mol. The van der Waals surface area contributed by atoms with E-state index in [9.17, 15) is 0 Å². The minimum Gasteiger partial charge on any atom is -0.381 e. The first kappa shape index (κ1) is 9.87. The van der Waals surface area contributed by atoms with Gasteiger partial charge in [0.15, 0.2) is 0 Å². The second-order valence-electron chi connectivity index (χ2n) is 3.56. The number of hydrogen-bond donors (Lipinski definition) is 0. The molecule has 1 fully saturated rings. The van der Waals surface area contributed by atoms with Gasteiger partial charge in [0.05, 0.1) is 17.3 Å². The summed E-state index contributed by atoms with van der Waals surface area (Å²) in [5.74, 6) is 0.553. The fourth-order valence-electron chi connectivity index (χ4n) is 1.60. The molecule has 0 amide bonds. The minimum atomic E-state index is 0.553. The summed E-state index contributed by atoms with van der Waals surface area (Å²) in [5.41, 5.74) is 1.21. The second kappa shape index (κ2) is 4.71. The molecule has 0 unspecified atom stereocenters. The van der Waals surface area contributed by atoms with E-state index in [0.717, 1.165) is 32.5 Å². The Bertz CT molecular complexity index is 302. The Labute approximate surface area is 88.6 Å². The van der Waals surface area contributed by atoms with E-state index in [1.807, 2.05) is 6.08 Å². The topological polar surface area (TPSA) is 22.1 Å². The zero-order valence-electron chi connectivity index (χ0n) is 8.24. The Morgan fingerprint density at radius 3 is 3.36 bits per heavy atom. The average Bonchev–Trinajstić information content (AvgIpc) is 2.85. The van der Waals surface area contributed by atoms with Crippen LogP contribution in [-0.2, 0) is 11.2 Å². The highest BCUT2D eigenvalue weighted by molar-refractivity contribution is 7.09. The number of rotatable bonds is 4. The van der Waals surface area contributed by atoms with Crippen molar-refractivity contribution in [3.05, 3.63) is 28.7 Å². The predicted octanol–water partition coefficient (Wildman–Crippen LogP) is 2.77. The molecule has 0 N–H and O–H groups in total. The van der Waals surface area contributed by atoms with Gasteiger partial charge in [-0.15, -0.1) is 17.9 Å². The Hall–Kier alpha value is -0.670. The van der Waals surface area contributed by atoms with Crippen molar-refractivity contribution in [2.24, 2.45) is 0 Å². The molecule has 0 aliphatic carbocycles. The minimum absolute atomic E-state index is 0.553. The zero-order valence-corrected chi connectivity index (χ0v) is 9.05. The lowest BCUT2D eigenvalue weighted by molar-refractivity contribution is 0.194. The summed E-state index contributed by atoms with van der Waals surface area (Å²) in [6, 6.07) is 0. The first-order valence-electron chi connectivity index (χ1n) is 5.03. The van der Waals surface area contributed by atoms with Crippen LogP contribution in [-0.4, -0.2) is 18.2 Å². The van der Waals surface area contributed by atoms with Gasteiger partial charge >= 0.3 is 0 Å². The molecule has 1 aromatic rings. The molecular weight excluding hydrogens is 194 g/mol. The van der Waals surface area contributed by atoms with Gasteiger partial charge in [0.1, 0.15) is 0 Å². The molecule has 0 aromatic carbocycles. The normalized spacial score (nSPS) is 21.3. The van der Waals surface area contributed by atoms with E-state index in [1.165, 1.54) is 10.7 Å². The van der Waals surface area contributed by atoms with Crippen molar-refractivity contribution < 1.29 is 4.74 Å². The molecule has 0 spiro atoms. The zero-order chi connectivity index (χ0) is 9.80. The molecule has 3 heteroatoms. The Balaban J connectivity index is 1.97. The second-order valence-corrected chi connectivity index (χ2v) is 4.45. The Kier molecular flexibility index (Phi) is 3.32.